The van der Waals surface area contributed by atoms with E-state index in [-0.39, 0.29) is 29.9 Å². The molecule has 32 heavy (non-hydrogen) atoms. The topological polar surface area (TPSA) is 81.7 Å². The largest absolute Gasteiger partial charge is 0.384 e. The van der Waals surface area contributed by atoms with E-state index in [4.69, 9.17) is 0 Å². The maximum Gasteiger partial charge on any atom is 0.315 e. The number of piperidine rings is 1. The van der Waals surface area contributed by atoms with Crippen molar-refractivity contribution in [2.75, 3.05) is 13.1 Å². The van der Waals surface area contributed by atoms with Crippen LogP contribution in [0, 0.1) is 18.3 Å². The van der Waals surface area contributed by atoms with Crippen molar-refractivity contribution in [2.24, 2.45) is 11.3 Å². The van der Waals surface area contributed by atoms with Gasteiger partial charge < -0.3 is 20.6 Å². The summed E-state index contributed by atoms with van der Waals surface area (Å²) in [5, 5.41) is 17.8. The Hall–Kier alpha value is -2.08. The van der Waals surface area contributed by atoms with Crippen molar-refractivity contribution in [2.45, 2.75) is 89.8 Å². The first kappa shape index (κ1) is 23.1. The molecule has 176 valence electrons. The number of urea groups is 1. The number of aliphatic hydroxyl groups is 1. The van der Waals surface area contributed by atoms with Crippen molar-refractivity contribution in [3.8, 4) is 0 Å². The molecule has 1 aliphatic heterocycles. The third-order valence-corrected chi connectivity index (χ3v) is 8.13. The van der Waals surface area contributed by atoms with E-state index < -0.39 is 11.0 Å². The number of carbonyl (C=O) groups excluding carboxylic acids is 2. The molecule has 1 aromatic carbocycles. The summed E-state index contributed by atoms with van der Waals surface area (Å²) < 4.78 is 0. The van der Waals surface area contributed by atoms with Crippen molar-refractivity contribution < 1.29 is 14.7 Å². The molecule has 0 bridgehead atoms. The molecule has 2 aliphatic carbocycles. The van der Waals surface area contributed by atoms with E-state index in [0.29, 0.717) is 19.5 Å². The predicted molar refractivity (Wildman–Crippen MR) is 125 cm³/mol. The van der Waals surface area contributed by atoms with E-state index in [2.05, 4.69) is 10.6 Å². The minimum atomic E-state index is -0.966. The van der Waals surface area contributed by atoms with Crippen LogP contribution >= 0.6 is 0 Å². The monoisotopic (exact) mass is 441 g/mol. The molecule has 1 saturated heterocycles. The average molecular weight is 442 g/mol. The van der Waals surface area contributed by atoms with Gasteiger partial charge in [-0.3, -0.25) is 4.79 Å². The highest BCUT2D eigenvalue weighted by Gasteiger charge is 2.50. The number of carbonyl (C=O) groups is 2. The molecule has 0 spiro atoms. The Morgan fingerprint density at radius 2 is 1.69 bits per heavy atom. The lowest BCUT2D eigenvalue weighted by molar-refractivity contribution is -0.156. The van der Waals surface area contributed by atoms with Gasteiger partial charge in [-0.05, 0) is 44.6 Å². The van der Waals surface area contributed by atoms with Gasteiger partial charge in [-0.25, -0.2) is 4.79 Å². The Kier molecular flexibility index (Phi) is 6.53. The van der Waals surface area contributed by atoms with Gasteiger partial charge in [-0.1, -0.05) is 62.9 Å². The molecule has 0 aromatic heterocycles. The second-order valence-corrected chi connectivity index (χ2v) is 10.9. The lowest BCUT2D eigenvalue weighted by Gasteiger charge is -2.51. The Morgan fingerprint density at radius 1 is 1.00 bits per heavy atom. The predicted octanol–water partition coefficient (Wildman–Crippen LogP) is 3.85. The fourth-order valence-electron chi connectivity index (χ4n) is 6.00. The standard InChI is InChI=1S/C26H39N3O3/c1-18-11-13-19(14-12-18)26(32)15-16-29(17-25(26,2)3)23(30)21-9-6-10-22(21)28-24(31)27-20-7-4-5-8-20/h11-14,20-22,32H,4-10,15-17H2,1-3H3,(H2,27,28,31)/t21-,22+,26-/m0/s1. The third-order valence-electron chi connectivity index (χ3n) is 8.13. The van der Waals surface area contributed by atoms with Gasteiger partial charge in [-0.15, -0.1) is 0 Å². The molecule has 1 aromatic rings. The Balaban J connectivity index is 1.40. The highest BCUT2D eigenvalue weighted by atomic mass is 16.3. The summed E-state index contributed by atoms with van der Waals surface area (Å²) in [6, 6.07) is 8.12. The van der Waals surface area contributed by atoms with E-state index in [1.807, 2.05) is 49.9 Å². The summed E-state index contributed by atoms with van der Waals surface area (Å²) in [5.74, 6) is -0.0570. The SMILES string of the molecule is Cc1ccc([C@@]2(O)CCN(C(=O)[C@H]3CCC[C@H]3NC(=O)NC3CCCC3)CC2(C)C)cc1. The molecule has 3 N–H and O–H groups in total. The summed E-state index contributed by atoms with van der Waals surface area (Å²) in [4.78, 5) is 27.9. The zero-order chi connectivity index (χ0) is 22.9. The Bertz CT molecular complexity index is 831. The number of amides is 3. The first-order valence-corrected chi connectivity index (χ1v) is 12.3. The van der Waals surface area contributed by atoms with Crippen LogP contribution in [0.2, 0.25) is 0 Å². The number of hydrogen-bond donors (Lipinski definition) is 3. The van der Waals surface area contributed by atoms with Gasteiger partial charge in [0.05, 0.1) is 11.5 Å². The number of likely N-dealkylation sites (tertiary alicyclic amines) is 1. The van der Waals surface area contributed by atoms with Crippen LogP contribution in [-0.4, -0.2) is 47.1 Å². The second-order valence-electron chi connectivity index (χ2n) is 10.9. The average Bonchev–Trinajstić information content (AvgIpc) is 3.42. The van der Waals surface area contributed by atoms with Gasteiger partial charge in [0.25, 0.3) is 0 Å². The van der Waals surface area contributed by atoms with E-state index in [0.717, 1.165) is 37.7 Å². The van der Waals surface area contributed by atoms with Crippen LogP contribution in [0.4, 0.5) is 4.79 Å². The molecular formula is C26H39N3O3. The van der Waals surface area contributed by atoms with Crippen molar-refractivity contribution in [1.29, 1.82) is 0 Å². The number of nitrogens with one attached hydrogen (secondary N) is 2. The molecule has 4 rings (SSSR count). The van der Waals surface area contributed by atoms with Crippen molar-refractivity contribution in [3.63, 3.8) is 0 Å². The fraction of sp³-hybridized carbons (Fsp3) is 0.692. The van der Waals surface area contributed by atoms with Gasteiger partial charge in [0.2, 0.25) is 5.91 Å². The lowest BCUT2D eigenvalue weighted by Crippen LogP contribution is -2.58. The van der Waals surface area contributed by atoms with Gasteiger partial charge >= 0.3 is 6.03 Å². The van der Waals surface area contributed by atoms with Gasteiger partial charge in [-0.2, -0.15) is 0 Å². The van der Waals surface area contributed by atoms with Gasteiger partial charge in [0.1, 0.15) is 0 Å². The van der Waals surface area contributed by atoms with Crippen molar-refractivity contribution in [1.82, 2.24) is 15.5 Å². The van der Waals surface area contributed by atoms with E-state index in [9.17, 15) is 14.7 Å². The Morgan fingerprint density at radius 3 is 2.34 bits per heavy atom. The molecule has 3 atom stereocenters. The summed E-state index contributed by atoms with van der Waals surface area (Å²) in [6.07, 6.45) is 7.58. The van der Waals surface area contributed by atoms with Crippen LogP contribution in [0.1, 0.15) is 76.3 Å². The zero-order valence-electron chi connectivity index (χ0n) is 19.8. The molecule has 6 nitrogen and oxygen atoms in total. The van der Waals surface area contributed by atoms with Gasteiger partial charge in [0, 0.05) is 30.6 Å². The van der Waals surface area contributed by atoms with Crippen LogP contribution in [0.15, 0.2) is 24.3 Å². The smallest absolute Gasteiger partial charge is 0.315 e. The van der Waals surface area contributed by atoms with Crippen molar-refractivity contribution >= 4 is 11.9 Å². The molecule has 0 unspecified atom stereocenters. The second kappa shape index (κ2) is 9.05. The summed E-state index contributed by atoms with van der Waals surface area (Å²) in [6.45, 7) is 7.18. The maximum absolute atomic E-state index is 13.5. The van der Waals surface area contributed by atoms with Crippen LogP contribution in [0.25, 0.3) is 0 Å². The highest BCUT2D eigenvalue weighted by Crippen LogP contribution is 2.46. The number of benzene rings is 1. The molecule has 0 radical (unpaired) electrons. The first-order valence-electron chi connectivity index (χ1n) is 12.3. The molecule has 3 amide bonds. The molecular weight excluding hydrogens is 402 g/mol. The van der Waals surface area contributed by atoms with E-state index in [1.54, 1.807) is 0 Å². The van der Waals surface area contributed by atoms with Crippen molar-refractivity contribution in [3.05, 3.63) is 35.4 Å². The first-order chi connectivity index (χ1) is 15.2. The van der Waals surface area contributed by atoms with E-state index >= 15 is 0 Å². The van der Waals surface area contributed by atoms with Crippen LogP contribution in [-0.2, 0) is 10.4 Å². The number of hydrogen-bond acceptors (Lipinski definition) is 3. The maximum atomic E-state index is 13.5. The zero-order valence-corrected chi connectivity index (χ0v) is 19.8. The highest BCUT2D eigenvalue weighted by molar-refractivity contribution is 5.82. The van der Waals surface area contributed by atoms with Crippen LogP contribution in [0.5, 0.6) is 0 Å². The van der Waals surface area contributed by atoms with Gasteiger partial charge in [0.15, 0.2) is 0 Å². The molecule has 2 saturated carbocycles. The minimum absolute atomic E-state index is 0.107. The fourth-order valence-corrected chi connectivity index (χ4v) is 6.00. The van der Waals surface area contributed by atoms with E-state index in [1.165, 1.54) is 18.4 Å². The number of aryl methyl sites for hydroxylation is 1. The number of nitrogens with zero attached hydrogens (tertiary/aromatic N) is 1. The molecule has 6 heteroatoms. The number of rotatable bonds is 4. The lowest BCUT2D eigenvalue weighted by atomic mass is 9.66. The molecule has 3 fully saturated rings. The third kappa shape index (κ3) is 4.52. The Labute approximate surface area is 192 Å². The minimum Gasteiger partial charge on any atom is -0.384 e. The van der Waals surface area contributed by atoms with Crippen LogP contribution in [0.3, 0.4) is 0 Å². The normalized spacial score (nSPS) is 30.3. The summed E-state index contributed by atoms with van der Waals surface area (Å²) in [7, 11) is 0. The summed E-state index contributed by atoms with van der Waals surface area (Å²) in [5.41, 5.74) is 0.646. The molecule has 1 heterocycles. The quantitative estimate of drug-likeness (QED) is 0.664. The van der Waals surface area contributed by atoms with Crippen LogP contribution < -0.4 is 10.6 Å². The molecule has 3 aliphatic rings. The summed E-state index contributed by atoms with van der Waals surface area (Å²) >= 11 is 0.